The molecule has 3 aromatic rings. The van der Waals surface area contributed by atoms with Gasteiger partial charge in [-0.1, -0.05) is 32.9 Å². The second-order valence-electron chi connectivity index (χ2n) is 7.03. The number of hydrogen-bond acceptors (Lipinski definition) is 5. The van der Waals surface area contributed by atoms with Crippen LogP contribution in [0.5, 0.6) is 0 Å². The average Bonchev–Trinajstić information content (AvgIpc) is 2.59. The van der Waals surface area contributed by atoms with Gasteiger partial charge in [-0.15, -0.1) is 0 Å². The lowest BCUT2D eigenvalue weighted by Gasteiger charge is -2.24. The quantitative estimate of drug-likeness (QED) is 0.792. The van der Waals surface area contributed by atoms with E-state index in [0.717, 1.165) is 18.2 Å². The second-order valence-corrected chi connectivity index (χ2v) is 7.03. The van der Waals surface area contributed by atoms with Gasteiger partial charge in [0.1, 0.15) is 17.5 Å². The molecular formula is C19H23N5O. The van der Waals surface area contributed by atoms with Gasteiger partial charge in [-0.3, -0.25) is 4.79 Å². The van der Waals surface area contributed by atoms with Gasteiger partial charge in [0.2, 0.25) is 0 Å². The molecule has 0 aliphatic carbocycles. The van der Waals surface area contributed by atoms with Crippen molar-refractivity contribution in [1.82, 2.24) is 19.9 Å². The predicted molar refractivity (Wildman–Crippen MR) is 99.8 cm³/mol. The summed E-state index contributed by atoms with van der Waals surface area (Å²) in [4.78, 5) is 30.9. The van der Waals surface area contributed by atoms with Gasteiger partial charge in [0.05, 0.1) is 17.4 Å². The number of fused-ring (bicyclic) bond motifs is 1. The Morgan fingerprint density at radius 1 is 1.12 bits per heavy atom. The summed E-state index contributed by atoms with van der Waals surface area (Å²) in [6.07, 6.45) is 1.78. The van der Waals surface area contributed by atoms with E-state index >= 15 is 0 Å². The number of H-pyrrole nitrogens is 1. The first-order valence-corrected chi connectivity index (χ1v) is 8.45. The number of hydrogen-bond donors (Lipinski definition) is 1. The zero-order valence-electron chi connectivity index (χ0n) is 15.1. The molecule has 0 atom stereocenters. The van der Waals surface area contributed by atoms with Gasteiger partial charge in [0, 0.05) is 18.2 Å². The zero-order chi connectivity index (χ0) is 18.0. The molecule has 0 aliphatic heterocycles. The highest BCUT2D eigenvalue weighted by atomic mass is 16.1. The Kier molecular flexibility index (Phi) is 4.53. The lowest BCUT2D eigenvalue weighted by molar-refractivity contribution is 0.543. The largest absolute Gasteiger partial charge is 0.349 e. The molecule has 0 spiro atoms. The SMILES string of the molecule is CCN(Cc1nc2ccccc2c(=O)[nH]1)c1ccnc(C(C)(C)C)n1. The monoisotopic (exact) mass is 337 g/mol. The number of para-hydroxylation sites is 1. The lowest BCUT2D eigenvalue weighted by atomic mass is 9.96. The molecule has 0 unspecified atom stereocenters. The van der Waals surface area contributed by atoms with Crippen molar-refractivity contribution in [3.63, 3.8) is 0 Å². The molecule has 0 saturated heterocycles. The van der Waals surface area contributed by atoms with Crippen molar-refractivity contribution < 1.29 is 0 Å². The van der Waals surface area contributed by atoms with E-state index in [1.54, 1.807) is 12.3 Å². The Morgan fingerprint density at radius 2 is 1.88 bits per heavy atom. The molecule has 0 aliphatic rings. The van der Waals surface area contributed by atoms with Crippen molar-refractivity contribution in [3.8, 4) is 0 Å². The Bertz CT molecular complexity index is 942. The van der Waals surface area contributed by atoms with Gasteiger partial charge in [-0.25, -0.2) is 15.0 Å². The molecule has 25 heavy (non-hydrogen) atoms. The maximum atomic E-state index is 12.3. The van der Waals surface area contributed by atoms with Crippen LogP contribution in [-0.2, 0) is 12.0 Å². The minimum atomic E-state index is -0.120. The van der Waals surface area contributed by atoms with E-state index in [2.05, 4.69) is 47.5 Å². The van der Waals surface area contributed by atoms with Crippen LogP contribution in [0.25, 0.3) is 10.9 Å². The maximum absolute atomic E-state index is 12.3. The number of aromatic amines is 1. The van der Waals surface area contributed by atoms with Crippen LogP contribution in [0.15, 0.2) is 41.3 Å². The highest BCUT2D eigenvalue weighted by molar-refractivity contribution is 5.77. The Morgan fingerprint density at radius 3 is 2.60 bits per heavy atom. The van der Waals surface area contributed by atoms with Gasteiger partial charge in [0.25, 0.3) is 5.56 Å². The fraction of sp³-hybridized carbons (Fsp3) is 0.368. The number of nitrogens with one attached hydrogen (secondary N) is 1. The number of benzene rings is 1. The third-order valence-corrected chi connectivity index (χ3v) is 4.02. The lowest BCUT2D eigenvalue weighted by Crippen LogP contribution is -2.27. The Hall–Kier alpha value is -2.76. The van der Waals surface area contributed by atoms with Crippen LogP contribution in [0.1, 0.15) is 39.3 Å². The van der Waals surface area contributed by atoms with E-state index in [9.17, 15) is 4.79 Å². The summed E-state index contributed by atoms with van der Waals surface area (Å²) in [5, 5.41) is 0.603. The van der Waals surface area contributed by atoms with E-state index in [-0.39, 0.29) is 11.0 Å². The van der Waals surface area contributed by atoms with Gasteiger partial charge in [-0.2, -0.15) is 0 Å². The summed E-state index contributed by atoms with van der Waals surface area (Å²) in [7, 11) is 0. The molecule has 1 aromatic carbocycles. The third-order valence-electron chi connectivity index (χ3n) is 4.02. The Balaban J connectivity index is 1.94. The van der Waals surface area contributed by atoms with E-state index in [1.807, 2.05) is 24.3 Å². The fourth-order valence-electron chi connectivity index (χ4n) is 2.63. The van der Waals surface area contributed by atoms with Crippen LogP contribution in [-0.4, -0.2) is 26.5 Å². The normalized spacial score (nSPS) is 11.7. The number of rotatable bonds is 4. The molecular weight excluding hydrogens is 314 g/mol. The molecule has 0 saturated carbocycles. The molecule has 6 nitrogen and oxygen atoms in total. The van der Waals surface area contributed by atoms with Crippen LogP contribution in [0.3, 0.4) is 0 Å². The molecule has 1 N–H and O–H groups in total. The average molecular weight is 337 g/mol. The summed E-state index contributed by atoms with van der Waals surface area (Å²) in [6.45, 7) is 9.55. The second kappa shape index (κ2) is 6.63. The third kappa shape index (κ3) is 3.68. The van der Waals surface area contributed by atoms with Gasteiger partial charge in [-0.05, 0) is 25.1 Å². The minimum Gasteiger partial charge on any atom is -0.349 e. The number of anilines is 1. The highest BCUT2D eigenvalue weighted by Crippen LogP contribution is 2.21. The summed E-state index contributed by atoms with van der Waals surface area (Å²) >= 11 is 0. The van der Waals surface area contributed by atoms with Crippen molar-refractivity contribution >= 4 is 16.7 Å². The summed E-state index contributed by atoms with van der Waals surface area (Å²) in [5.74, 6) is 2.25. The molecule has 3 rings (SSSR count). The van der Waals surface area contributed by atoms with Crippen LogP contribution >= 0.6 is 0 Å². The molecule has 6 heteroatoms. The summed E-state index contributed by atoms with van der Waals surface area (Å²) in [5.41, 5.74) is 0.468. The zero-order valence-corrected chi connectivity index (χ0v) is 15.1. The highest BCUT2D eigenvalue weighted by Gasteiger charge is 2.19. The summed E-state index contributed by atoms with van der Waals surface area (Å²) in [6, 6.07) is 9.25. The van der Waals surface area contributed by atoms with Crippen LogP contribution < -0.4 is 10.5 Å². The summed E-state index contributed by atoms with van der Waals surface area (Å²) < 4.78 is 0. The fourth-order valence-corrected chi connectivity index (χ4v) is 2.63. The molecule has 0 amide bonds. The standard InChI is InChI=1S/C19H23N5O/c1-5-24(16-10-11-20-18(23-16)19(2,3)4)12-15-21-14-9-7-6-8-13(14)17(25)22-15/h6-11H,5,12H2,1-4H3,(H,21,22,25). The molecule has 0 bridgehead atoms. The van der Waals surface area contributed by atoms with Crippen LogP contribution in [0.4, 0.5) is 5.82 Å². The van der Waals surface area contributed by atoms with Crippen LogP contribution in [0.2, 0.25) is 0 Å². The number of nitrogens with zero attached hydrogens (tertiary/aromatic N) is 4. The maximum Gasteiger partial charge on any atom is 0.258 e. The van der Waals surface area contributed by atoms with Crippen molar-refractivity contribution in [3.05, 3.63) is 58.5 Å². The minimum absolute atomic E-state index is 0.116. The van der Waals surface area contributed by atoms with E-state index in [0.29, 0.717) is 23.3 Å². The van der Waals surface area contributed by atoms with Crippen molar-refractivity contribution in [2.45, 2.75) is 39.7 Å². The van der Waals surface area contributed by atoms with E-state index < -0.39 is 0 Å². The van der Waals surface area contributed by atoms with E-state index in [4.69, 9.17) is 4.98 Å². The van der Waals surface area contributed by atoms with Gasteiger partial charge in [0.15, 0.2) is 0 Å². The first-order chi connectivity index (χ1) is 11.9. The molecule has 0 radical (unpaired) electrons. The van der Waals surface area contributed by atoms with Crippen molar-refractivity contribution in [2.75, 3.05) is 11.4 Å². The van der Waals surface area contributed by atoms with Crippen molar-refractivity contribution in [2.24, 2.45) is 0 Å². The van der Waals surface area contributed by atoms with Crippen molar-refractivity contribution in [1.29, 1.82) is 0 Å². The topological polar surface area (TPSA) is 74.8 Å². The molecule has 130 valence electrons. The Labute approximate surface area is 147 Å². The first kappa shape index (κ1) is 17.1. The molecule has 0 fully saturated rings. The predicted octanol–water partition coefficient (Wildman–Crippen LogP) is 3.04. The van der Waals surface area contributed by atoms with Crippen LogP contribution in [0, 0.1) is 0 Å². The first-order valence-electron chi connectivity index (χ1n) is 8.45. The van der Waals surface area contributed by atoms with E-state index in [1.165, 1.54) is 0 Å². The smallest absolute Gasteiger partial charge is 0.258 e. The van der Waals surface area contributed by atoms with Gasteiger partial charge >= 0.3 is 0 Å². The molecule has 2 aromatic heterocycles. The van der Waals surface area contributed by atoms with Gasteiger partial charge < -0.3 is 9.88 Å². The molecule has 2 heterocycles. The number of aromatic nitrogens is 4.